The summed E-state index contributed by atoms with van der Waals surface area (Å²) < 4.78 is 5.39. The molecule has 1 heterocycles. The molecule has 0 aromatic heterocycles. The van der Waals surface area contributed by atoms with Crippen LogP contribution < -0.4 is 10.1 Å². The van der Waals surface area contributed by atoms with Crippen molar-refractivity contribution in [3.05, 3.63) is 29.8 Å². The van der Waals surface area contributed by atoms with Crippen LogP contribution in [0.1, 0.15) is 32.3 Å². The van der Waals surface area contributed by atoms with Crippen molar-refractivity contribution in [1.82, 2.24) is 10.2 Å². The zero-order valence-electron chi connectivity index (χ0n) is 14.3. The van der Waals surface area contributed by atoms with Crippen LogP contribution in [0.3, 0.4) is 0 Å². The van der Waals surface area contributed by atoms with E-state index in [2.05, 4.69) is 5.32 Å². The van der Waals surface area contributed by atoms with Crippen molar-refractivity contribution in [3.8, 4) is 5.75 Å². The van der Waals surface area contributed by atoms with Gasteiger partial charge < -0.3 is 15.0 Å². The average molecular weight is 353 g/mol. The third-order valence-corrected chi connectivity index (χ3v) is 4.30. The fourth-order valence-corrected chi connectivity index (χ4v) is 2.97. The quantitative estimate of drug-likeness (QED) is 0.799. The van der Waals surface area contributed by atoms with Gasteiger partial charge in [-0.25, -0.2) is 0 Å². The van der Waals surface area contributed by atoms with Gasteiger partial charge in [0.05, 0.1) is 13.0 Å². The number of halogens is 1. The minimum absolute atomic E-state index is 0.00893. The first-order chi connectivity index (χ1) is 11.5. The lowest BCUT2D eigenvalue weighted by atomic mass is 10.0. The van der Waals surface area contributed by atoms with Gasteiger partial charge in [-0.05, 0) is 44.4 Å². The fourth-order valence-electron chi connectivity index (χ4n) is 2.83. The second-order valence-corrected chi connectivity index (χ2v) is 6.69. The Morgan fingerprint density at radius 2 is 1.92 bits per heavy atom. The number of nitrogens with zero attached hydrogens (tertiary/aromatic N) is 1. The molecule has 24 heavy (non-hydrogen) atoms. The van der Waals surface area contributed by atoms with E-state index in [0.29, 0.717) is 26.1 Å². The molecule has 2 amide bonds. The van der Waals surface area contributed by atoms with Gasteiger partial charge in [-0.2, -0.15) is 0 Å². The summed E-state index contributed by atoms with van der Waals surface area (Å²) in [6, 6.07) is 7.70. The monoisotopic (exact) mass is 352 g/mol. The van der Waals surface area contributed by atoms with Crippen LogP contribution in [-0.2, 0) is 16.0 Å². The minimum Gasteiger partial charge on any atom is -0.494 e. The van der Waals surface area contributed by atoms with Crippen molar-refractivity contribution in [2.45, 2.75) is 44.5 Å². The third kappa shape index (κ3) is 5.41. The molecule has 1 unspecified atom stereocenters. The predicted molar refractivity (Wildman–Crippen MR) is 94.4 cm³/mol. The molecule has 0 bridgehead atoms. The summed E-state index contributed by atoms with van der Waals surface area (Å²) in [5.74, 6) is 0.790. The Hall–Kier alpha value is -1.75. The first-order valence-electron chi connectivity index (χ1n) is 8.43. The molecule has 1 aromatic carbocycles. The number of carbonyl (C=O) groups excluding carboxylic acids is 2. The Morgan fingerprint density at radius 1 is 1.29 bits per heavy atom. The molecule has 1 saturated heterocycles. The first kappa shape index (κ1) is 18.6. The molecule has 0 aliphatic carbocycles. The van der Waals surface area contributed by atoms with Gasteiger partial charge in [0, 0.05) is 19.1 Å². The van der Waals surface area contributed by atoms with E-state index in [1.807, 2.05) is 31.2 Å². The number of piperidine rings is 1. The van der Waals surface area contributed by atoms with Crippen molar-refractivity contribution in [3.63, 3.8) is 0 Å². The van der Waals surface area contributed by atoms with E-state index < -0.39 is 5.38 Å². The number of rotatable bonds is 6. The molecule has 5 nitrogen and oxygen atoms in total. The summed E-state index contributed by atoms with van der Waals surface area (Å²) >= 11 is 5.83. The lowest BCUT2D eigenvalue weighted by Crippen LogP contribution is -2.48. The number of hydrogen-bond acceptors (Lipinski definition) is 3. The highest BCUT2D eigenvalue weighted by Crippen LogP contribution is 2.15. The van der Waals surface area contributed by atoms with Crippen molar-refractivity contribution >= 4 is 23.4 Å². The van der Waals surface area contributed by atoms with E-state index >= 15 is 0 Å². The van der Waals surface area contributed by atoms with Crippen LogP contribution in [0.4, 0.5) is 0 Å². The third-order valence-electron chi connectivity index (χ3n) is 4.11. The van der Waals surface area contributed by atoms with E-state index in [1.54, 1.807) is 11.8 Å². The Kier molecular flexibility index (Phi) is 6.91. The van der Waals surface area contributed by atoms with Crippen LogP contribution >= 0.6 is 11.6 Å². The summed E-state index contributed by atoms with van der Waals surface area (Å²) in [5, 5.41) is 2.56. The molecule has 2 rings (SSSR count). The number of nitrogens with one attached hydrogen (secondary N) is 1. The van der Waals surface area contributed by atoms with Gasteiger partial charge >= 0.3 is 0 Å². The van der Waals surface area contributed by atoms with Gasteiger partial charge in [-0.15, -0.1) is 11.6 Å². The Morgan fingerprint density at radius 3 is 2.46 bits per heavy atom. The average Bonchev–Trinajstić information content (AvgIpc) is 2.57. The SMILES string of the molecule is CCOc1ccc(CC(=O)NC2CCN(C(=O)C(C)Cl)CC2)cc1. The molecule has 1 fully saturated rings. The molecule has 0 saturated carbocycles. The van der Waals surface area contributed by atoms with Gasteiger partial charge in [0.25, 0.3) is 0 Å². The molecule has 0 spiro atoms. The van der Waals surface area contributed by atoms with Crippen LogP contribution in [-0.4, -0.2) is 47.8 Å². The summed E-state index contributed by atoms with van der Waals surface area (Å²) in [4.78, 5) is 25.8. The number of hydrogen-bond donors (Lipinski definition) is 1. The summed E-state index contributed by atoms with van der Waals surface area (Å²) in [7, 11) is 0. The molecule has 1 aliphatic rings. The van der Waals surface area contributed by atoms with Gasteiger partial charge in [-0.1, -0.05) is 12.1 Å². The smallest absolute Gasteiger partial charge is 0.240 e. The molecule has 1 atom stereocenters. The second kappa shape index (κ2) is 8.92. The fraction of sp³-hybridized carbons (Fsp3) is 0.556. The lowest BCUT2D eigenvalue weighted by Gasteiger charge is -2.33. The number of carbonyl (C=O) groups is 2. The molecular formula is C18H25ClN2O3. The number of benzene rings is 1. The maximum absolute atomic E-state index is 12.2. The van der Waals surface area contributed by atoms with E-state index in [0.717, 1.165) is 24.2 Å². The molecule has 1 aromatic rings. The summed E-state index contributed by atoms with van der Waals surface area (Å²) in [5.41, 5.74) is 0.958. The zero-order chi connectivity index (χ0) is 17.5. The molecule has 132 valence electrons. The Bertz CT molecular complexity index is 552. The number of amides is 2. The van der Waals surface area contributed by atoms with Gasteiger partial charge in [-0.3, -0.25) is 9.59 Å². The summed E-state index contributed by atoms with van der Waals surface area (Å²) in [6.07, 6.45) is 1.89. The van der Waals surface area contributed by atoms with Crippen molar-refractivity contribution in [1.29, 1.82) is 0 Å². The van der Waals surface area contributed by atoms with Crippen LogP contribution in [0.2, 0.25) is 0 Å². The predicted octanol–water partition coefficient (Wildman–Crippen LogP) is 2.36. The molecule has 0 radical (unpaired) electrons. The van der Waals surface area contributed by atoms with E-state index in [-0.39, 0.29) is 17.9 Å². The van der Waals surface area contributed by atoms with Crippen LogP contribution in [0.5, 0.6) is 5.75 Å². The lowest BCUT2D eigenvalue weighted by molar-refractivity contribution is -0.131. The highest BCUT2D eigenvalue weighted by molar-refractivity contribution is 6.30. The molecule has 6 heteroatoms. The summed E-state index contributed by atoms with van der Waals surface area (Å²) in [6.45, 7) is 5.54. The van der Waals surface area contributed by atoms with Gasteiger partial charge in [0.15, 0.2) is 0 Å². The molecule has 1 N–H and O–H groups in total. The van der Waals surface area contributed by atoms with Gasteiger partial charge in [0.2, 0.25) is 11.8 Å². The molecular weight excluding hydrogens is 328 g/mol. The number of ether oxygens (including phenoxy) is 1. The van der Waals surface area contributed by atoms with E-state index in [1.165, 1.54) is 0 Å². The van der Waals surface area contributed by atoms with E-state index in [4.69, 9.17) is 16.3 Å². The normalized spacial score (nSPS) is 16.5. The van der Waals surface area contributed by atoms with E-state index in [9.17, 15) is 9.59 Å². The number of likely N-dealkylation sites (tertiary alicyclic amines) is 1. The zero-order valence-corrected chi connectivity index (χ0v) is 15.0. The van der Waals surface area contributed by atoms with Crippen LogP contribution in [0, 0.1) is 0 Å². The van der Waals surface area contributed by atoms with Crippen LogP contribution in [0.25, 0.3) is 0 Å². The first-order valence-corrected chi connectivity index (χ1v) is 8.87. The Labute approximate surface area is 148 Å². The Balaban J connectivity index is 1.76. The minimum atomic E-state index is -0.490. The van der Waals surface area contributed by atoms with Gasteiger partial charge in [0.1, 0.15) is 11.1 Å². The maximum Gasteiger partial charge on any atom is 0.240 e. The van der Waals surface area contributed by atoms with Crippen LogP contribution in [0.15, 0.2) is 24.3 Å². The van der Waals surface area contributed by atoms with Crippen molar-refractivity contribution in [2.75, 3.05) is 19.7 Å². The van der Waals surface area contributed by atoms with Crippen molar-refractivity contribution < 1.29 is 14.3 Å². The molecule has 1 aliphatic heterocycles. The number of alkyl halides is 1. The maximum atomic E-state index is 12.2. The second-order valence-electron chi connectivity index (χ2n) is 6.04. The topological polar surface area (TPSA) is 58.6 Å². The largest absolute Gasteiger partial charge is 0.494 e. The standard InChI is InChI=1S/C18H25ClN2O3/c1-3-24-16-6-4-14(5-7-16)12-17(22)20-15-8-10-21(11-9-15)18(23)13(2)19/h4-7,13,15H,3,8-12H2,1-2H3,(H,20,22). The highest BCUT2D eigenvalue weighted by atomic mass is 35.5. The van der Waals surface area contributed by atoms with Crippen molar-refractivity contribution in [2.24, 2.45) is 0 Å². The highest BCUT2D eigenvalue weighted by Gasteiger charge is 2.25.